The molecule has 6 rings (SSSR count). The Balaban J connectivity index is -0.000000247. The van der Waals surface area contributed by atoms with Crippen LogP contribution < -0.4 is 78.9 Å². The van der Waals surface area contributed by atoms with Crippen LogP contribution in [-0.2, 0) is 96.2 Å². The Morgan fingerprint density at radius 3 is 0.942 bits per heavy atom. The predicted octanol–water partition coefficient (Wildman–Crippen LogP) is 13.9. The number of aliphatic hydroxyl groups excluding tert-OH is 3. The Kier molecular flexibility index (Phi) is 79.9. The number of carbonyl (C=O) groups excluding carboxylic acids is 2. The van der Waals surface area contributed by atoms with Crippen molar-refractivity contribution >= 4 is 33.3 Å². The monoisotopic (exact) mass is 1920 g/mol. The summed E-state index contributed by atoms with van der Waals surface area (Å²) >= 11 is 0. The maximum Gasteiger partial charge on any atom is 1.00 e. The van der Waals surface area contributed by atoms with E-state index in [1.807, 2.05) is 188 Å². The molecule has 0 fully saturated rings. The van der Waals surface area contributed by atoms with Crippen molar-refractivity contribution in [1.82, 2.24) is 5.32 Å². The molecule has 0 amide bonds. The Morgan fingerprint density at radius 1 is 0.405 bits per heavy atom. The van der Waals surface area contributed by atoms with Crippen molar-refractivity contribution < 1.29 is 225 Å². The molecule has 0 heterocycles. The van der Waals surface area contributed by atoms with E-state index in [2.05, 4.69) is 24.3 Å². The number of hydrogen-bond donors (Lipinski definition) is 4. The molecule has 39 heteroatoms. The molecule has 6 aromatic carbocycles. The van der Waals surface area contributed by atoms with Crippen LogP contribution in [0.25, 0.3) is 0 Å². The molecule has 17 nitrogen and oxygen atoms in total. The maximum atomic E-state index is 12.8. The SMILES string of the molecule is C.C.COC(CC(C#N)NCc1ccccc1)C(F)(F)F.COC(CC=O)C(F)(F)F.COC(CCO)C(F)(F)F.COC(CCOCc1ccccc1)C(F)(F)F.C[Si](C)(C)OC(CCOCc1ccccc1)C(F)(F)F.Cl.O=CCCOCc1ccccc1.OC(CCOCc1ccccc1)C(F)(F)F.OCCCOCc1ccccc1.[Cs+].[F-]. The summed E-state index contributed by atoms with van der Waals surface area (Å²) in [4.78, 5) is 19.6. The fourth-order valence-electron chi connectivity index (χ4n) is 8.57. The van der Waals surface area contributed by atoms with Gasteiger partial charge in [-0.1, -0.05) is 197 Å². The van der Waals surface area contributed by atoms with Crippen molar-refractivity contribution in [3.63, 3.8) is 0 Å². The predicted molar refractivity (Wildman–Crippen MR) is 421 cm³/mol. The number of carbonyl (C=O) groups is 2. The Labute approximate surface area is 763 Å². The molecule has 688 valence electrons. The number of aliphatic hydroxyl groups is 3. The summed E-state index contributed by atoms with van der Waals surface area (Å²) in [6.07, 6.45) is -38.0. The molecule has 4 N–H and O–H groups in total. The summed E-state index contributed by atoms with van der Waals surface area (Å²) in [5.74, 6) is 0. The molecule has 0 spiro atoms. The summed E-state index contributed by atoms with van der Waals surface area (Å²) in [6, 6.07) is 57.8. The number of ether oxygens (including phenoxy) is 9. The zero-order valence-corrected chi connectivity index (χ0v) is 75.2. The van der Waals surface area contributed by atoms with E-state index in [-0.39, 0.29) is 153 Å². The largest absolute Gasteiger partial charge is 1.00 e. The van der Waals surface area contributed by atoms with Crippen molar-refractivity contribution in [3.05, 3.63) is 215 Å². The van der Waals surface area contributed by atoms with Crippen molar-refractivity contribution in [2.24, 2.45) is 0 Å². The van der Waals surface area contributed by atoms with Crippen molar-refractivity contribution in [3.8, 4) is 6.07 Å². The number of nitrogens with one attached hydrogen (secondary N) is 1. The summed E-state index contributed by atoms with van der Waals surface area (Å²) in [6.45, 7) is 8.47. The quantitative estimate of drug-likeness (QED) is 0.0121. The fourth-order valence-corrected chi connectivity index (χ4v) is 9.67. The number of methoxy groups -OCH3 is 4. The van der Waals surface area contributed by atoms with Crippen LogP contribution in [0.1, 0.15) is 99.6 Å². The number of aldehydes is 2. The second kappa shape index (κ2) is 75.0. The van der Waals surface area contributed by atoms with E-state index >= 15 is 0 Å². The Bertz CT molecular complexity index is 3340. The zero-order valence-electron chi connectivity index (χ0n) is 67.1. The zero-order chi connectivity index (χ0) is 88.0. The second-order valence-corrected chi connectivity index (χ2v) is 29.6. The van der Waals surface area contributed by atoms with Gasteiger partial charge in [0.15, 0.2) is 38.8 Å². The van der Waals surface area contributed by atoms with Crippen molar-refractivity contribution in [2.45, 2.75) is 205 Å². The molecule has 7 atom stereocenters. The van der Waals surface area contributed by atoms with Crippen LogP contribution in [0.4, 0.5) is 79.0 Å². The van der Waals surface area contributed by atoms with Gasteiger partial charge in [0.05, 0.1) is 51.8 Å². The molecule has 0 aromatic heterocycles. The molecule has 0 saturated carbocycles. The standard InChI is InChI=1S/C14H21F3O2Si.C13H15F3N2O.C12H15F3O2.C11H13F3O2.C10H14O2.C10H12O2.C5H9F3O2.C5H7F3O2.2CH4.ClH.Cs.FH/c1-20(2,3)19-13(14(15,16)17)9-10-18-11-12-7-5-4-6-8-12;1-19-12(13(14,15)16)7-11(8-17)18-9-10-5-3-2-4-6-10;1-16-11(12(13,14)15)7-8-17-9-10-5-3-2-4-6-10;12-11(13,14)10(15)6-7-16-8-9-4-2-1-3-5-9;2*11-7-4-8-12-9-10-5-2-1-3-6-10;2*1-10-4(2-3-9)5(6,7)8;;;;;/h4-8,13H,9-11H2,1-3H3;2-6,11-12,18H,7,9H2,1H3;2-6,11H,7-9H2,1H3;1-5,10,15H,6-8H2;1-3,5-6,11H,4,7-9H2;1-3,5-7H,4,8-9H2;4,9H,2-3H2,1H3;3-4H,2H2,1H3;2*1H4;1H;;1H/q;;;;;;;;;;;+1;/p-1. The molecule has 7 unspecified atom stereocenters. The van der Waals surface area contributed by atoms with Gasteiger partial charge in [-0.3, -0.25) is 5.32 Å². The van der Waals surface area contributed by atoms with Crippen LogP contribution in [0.15, 0.2) is 182 Å². The third-order valence-corrected chi connectivity index (χ3v) is 15.5. The first-order valence-corrected chi connectivity index (χ1v) is 39.2. The Morgan fingerprint density at radius 2 is 0.694 bits per heavy atom. The van der Waals surface area contributed by atoms with Crippen LogP contribution in [-0.4, -0.2) is 191 Å². The van der Waals surface area contributed by atoms with Crippen LogP contribution in [0, 0.1) is 11.3 Å². The van der Waals surface area contributed by atoms with Crippen LogP contribution in [0.2, 0.25) is 19.6 Å². The fraction of sp³-hybridized carbons (Fsp3) is 0.524. The third kappa shape index (κ3) is 72.7. The number of nitriles is 1. The molecule has 0 aliphatic rings. The molecule has 121 heavy (non-hydrogen) atoms. The van der Waals surface area contributed by atoms with Crippen molar-refractivity contribution in [2.75, 3.05) is 74.7 Å². The average Bonchev–Trinajstić information content (AvgIpc) is 0.865. The molecule has 6 aromatic rings. The average molecular weight is 1930 g/mol. The third-order valence-electron chi connectivity index (χ3n) is 14.5. The topological polar surface area (TPSA) is 223 Å². The van der Waals surface area contributed by atoms with Gasteiger partial charge in [0, 0.05) is 120 Å². The maximum absolute atomic E-state index is 12.8. The van der Waals surface area contributed by atoms with E-state index in [9.17, 15) is 88.6 Å². The molecular weight excluding hydrogens is 1810 g/mol. The first kappa shape index (κ1) is 129. The van der Waals surface area contributed by atoms with Gasteiger partial charge in [-0.15, -0.1) is 12.4 Å². The van der Waals surface area contributed by atoms with Gasteiger partial charge >= 0.3 is 106 Å². The number of rotatable bonds is 40. The van der Waals surface area contributed by atoms with Crippen LogP contribution in [0.5, 0.6) is 0 Å². The minimum atomic E-state index is -4.56. The minimum absolute atomic E-state index is 0. The van der Waals surface area contributed by atoms with Crippen LogP contribution in [0.3, 0.4) is 0 Å². The first-order valence-electron chi connectivity index (χ1n) is 35.8. The van der Waals surface area contributed by atoms with Crippen LogP contribution >= 0.6 is 12.4 Å². The van der Waals surface area contributed by atoms with Gasteiger partial charge in [0.25, 0.3) is 0 Å². The summed E-state index contributed by atoms with van der Waals surface area (Å²) < 4.78 is 267. The van der Waals surface area contributed by atoms with E-state index in [0.29, 0.717) is 59.0 Å². The van der Waals surface area contributed by atoms with Gasteiger partial charge in [-0.25, -0.2) is 0 Å². The summed E-state index contributed by atoms with van der Waals surface area (Å²) in [7, 11) is 1.70. The number of nitrogens with zero attached hydrogens (tertiary/aromatic N) is 1. The van der Waals surface area contributed by atoms with Gasteiger partial charge in [0.2, 0.25) is 0 Å². The smallest absolute Gasteiger partial charge is 1.00 e. The van der Waals surface area contributed by atoms with E-state index in [0.717, 1.165) is 62.5 Å². The summed E-state index contributed by atoms with van der Waals surface area (Å²) in [5, 5.41) is 37.0. The minimum Gasteiger partial charge on any atom is -1.00 e. The molecule has 0 saturated heterocycles. The number of hydrogen-bond acceptors (Lipinski definition) is 17. The normalized spacial score (nSPS) is 12.9. The van der Waals surface area contributed by atoms with Gasteiger partial charge in [0.1, 0.15) is 18.7 Å². The molecule has 0 aliphatic heterocycles. The summed E-state index contributed by atoms with van der Waals surface area (Å²) in [5.41, 5.74) is 6.00. The molecule has 0 bridgehead atoms. The van der Waals surface area contributed by atoms with E-state index in [1.54, 1.807) is 19.6 Å². The van der Waals surface area contributed by atoms with E-state index in [4.69, 9.17) is 48.7 Å². The van der Waals surface area contributed by atoms with E-state index in [1.165, 1.54) is 5.56 Å². The second-order valence-electron chi connectivity index (χ2n) is 25.2. The number of alkyl halides is 18. The molecule has 0 aliphatic carbocycles. The first-order chi connectivity index (χ1) is 54.6. The molecular formula is C82H115ClCsF19N2O15Si. The van der Waals surface area contributed by atoms with E-state index < -0.39 is 120 Å². The van der Waals surface area contributed by atoms with Gasteiger partial charge < -0.3 is 76.7 Å². The van der Waals surface area contributed by atoms with Gasteiger partial charge in [-0.2, -0.15) is 84.3 Å². The van der Waals surface area contributed by atoms with Crippen molar-refractivity contribution in [1.29, 1.82) is 5.26 Å². The molecule has 0 radical (unpaired) electrons. The number of halogens is 20. The number of benzene rings is 6. The van der Waals surface area contributed by atoms with Gasteiger partial charge in [-0.05, 0) is 59.4 Å². The Hall–Kier alpha value is -5.18.